The first-order valence-electron chi connectivity index (χ1n) is 9.14. The van der Waals surface area contributed by atoms with Crippen molar-refractivity contribution in [2.24, 2.45) is 11.3 Å². The van der Waals surface area contributed by atoms with E-state index < -0.39 is 0 Å². The van der Waals surface area contributed by atoms with Crippen LogP contribution in [-0.4, -0.2) is 57.8 Å². The first kappa shape index (κ1) is 18.4. The van der Waals surface area contributed by atoms with Crippen LogP contribution < -0.4 is 0 Å². The van der Waals surface area contributed by atoms with Crippen LogP contribution in [0.1, 0.15) is 37.7 Å². The Kier molecular flexibility index (Phi) is 5.54. The van der Waals surface area contributed by atoms with E-state index in [1.807, 2.05) is 21.9 Å². The van der Waals surface area contributed by atoms with Crippen molar-refractivity contribution in [2.75, 3.05) is 19.6 Å². The van der Waals surface area contributed by atoms with Crippen LogP contribution in [-0.2, 0) is 20.9 Å². The van der Waals surface area contributed by atoms with Gasteiger partial charge in [-0.2, -0.15) is 0 Å². The molecule has 2 amide bonds. The van der Waals surface area contributed by atoms with Gasteiger partial charge in [-0.3, -0.25) is 19.4 Å². The maximum Gasteiger partial charge on any atom is 0.290 e. The zero-order chi connectivity index (χ0) is 18.6. The van der Waals surface area contributed by atoms with Gasteiger partial charge in [-0.25, -0.2) is 0 Å². The highest BCUT2D eigenvalue weighted by molar-refractivity contribution is 5.87. The zero-order valence-corrected chi connectivity index (χ0v) is 14.8. The highest BCUT2D eigenvalue weighted by atomic mass is 16.3. The Bertz CT molecular complexity index is 662. The normalized spacial score (nSPS) is 25.0. The molecule has 0 radical (unpaired) electrons. The van der Waals surface area contributed by atoms with Gasteiger partial charge in [0.1, 0.15) is 0 Å². The van der Waals surface area contributed by atoms with Gasteiger partial charge >= 0.3 is 0 Å². The van der Waals surface area contributed by atoms with E-state index in [1.165, 1.54) is 0 Å². The predicted molar refractivity (Wildman–Crippen MR) is 93.9 cm³/mol. The summed E-state index contributed by atoms with van der Waals surface area (Å²) in [6.07, 6.45) is 8.35. The van der Waals surface area contributed by atoms with Crippen molar-refractivity contribution < 1.29 is 19.5 Å². The third kappa shape index (κ3) is 3.86. The van der Waals surface area contributed by atoms with Gasteiger partial charge in [0.15, 0.2) is 0 Å². The number of carbonyl (C=O) groups is 3. The molecule has 0 aromatic carbocycles. The Labute approximate surface area is 153 Å². The molecule has 3 fully saturated rings. The molecule has 2 aliphatic heterocycles. The van der Waals surface area contributed by atoms with E-state index in [4.69, 9.17) is 9.90 Å². The minimum Gasteiger partial charge on any atom is -0.483 e. The van der Waals surface area contributed by atoms with Crippen LogP contribution >= 0.6 is 0 Å². The van der Waals surface area contributed by atoms with Crippen molar-refractivity contribution in [3.63, 3.8) is 0 Å². The number of carboxylic acid groups (broad SMARTS) is 1. The van der Waals surface area contributed by atoms with Gasteiger partial charge in [0.05, 0.1) is 5.41 Å². The summed E-state index contributed by atoms with van der Waals surface area (Å²) in [7, 11) is 0. The van der Waals surface area contributed by atoms with Crippen LogP contribution in [0.4, 0.5) is 0 Å². The van der Waals surface area contributed by atoms with E-state index >= 15 is 0 Å². The number of likely N-dealkylation sites (tertiary alicyclic amines) is 2. The fourth-order valence-electron chi connectivity index (χ4n) is 4.04. The summed E-state index contributed by atoms with van der Waals surface area (Å²) in [5, 5.41) is 6.89. The average Bonchev–Trinajstić information content (AvgIpc) is 3.47. The lowest BCUT2D eigenvalue weighted by Crippen LogP contribution is -2.50. The van der Waals surface area contributed by atoms with Gasteiger partial charge in [0.2, 0.25) is 11.8 Å². The Morgan fingerprint density at radius 3 is 2.62 bits per heavy atom. The molecule has 1 aliphatic carbocycles. The van der Waals surface area contributed by atoms with Crippen LogP contribution in [0.2, 0.25) is 0 Å². The summed E-state index contributed by atoms with van der Waals surface area (Å²) in [5.74, 6) is 0.765. The summed E-state index contributed by atoms with van der Waals surface area (Å²) in [6.45, 7) is 2.66. The summed E-state index contributed by atoms with van der Waals surface area (Å²) in [6, 6.07) is 3.92. The second-order valence-corrected chi connectivity index (χ2v) is 7.36. The molecule has 26 heavy (non-hydrogen) atoms. The molecular formula is C19H25N3O4. The summed E-state index contributed by atoms with van der Waals surface area (Å²) in [4.78, 5) is 41.7. The summed E-state index contributed by atoms with van der Waals surface area (Å²) in [5.41, 5.74) is 0.794. The molecule has 1 atom stereocenters. The third-order valence-electron chi connectivity index (χ3n) is 5.54. The number of aromatic nitrogens is 1. The van der Waals surface area contributed by atoms with Gasteiger partial charge in [-0.05, 0) is 49.8 Å². The summed E-state index contributed by atoms with van der Waals surface area (Å²) < 4.78 is 0. The minimum atomic E-state index is -0.324. The monoisotopic (exact) mass is 359 g/mol. The smallest absolute Gasteiger partial charge is 0.290 e. The van der Waals surface area contributed by atoms with Crippen molar-refractivity contribution in [3.8, 4) is 0 Å². The molecule has 7 nitrogen and oxygen atoms in total. The molecule has 3 aliphatic rings. The van der Waals surface area contributed by atoms with Gasteiger partial charge in [0, 0.05) is 44.5 Å². The highest BCUT2D eigenvalue weighted by Crippen LogP contribution is 2.42. The number of hydrogen-bond donors (Lipinski definition) is 1. The molecule has 1 aromatic rings. The van der Waals surface area contributed by atoms with Crippen LogP contribution in [0.15, 0.2) is 24.5 Å². The van der Waals surface area contributed by atoms with Gasteiger partial charge in [-0.15, -0.1) is 0 Å². The zero-order valence-electron chi connectivity index (χ0n) is 14.8. The van der Waals surface area contributed by atoms with E-state index in [1.54, 1.807) is 12.4 Å². The van der Waals surface area contributed by atoms with Gasteiger partial charge in [0.25, 0.3) is 6.47 Å². The second kappa shape index (κ2) is 7.85. The molecule has 1 N–H and O–H groups in total. The number of nitrogens with zero attached hydrogens (tertiary/aromatic N) is 3. The number of rotatable bonds is 3. The van der Waals surface area contributed by atoms with Crippen LogP contribution in [0.25, 0.3) is 0 Å². The molecule has 0 bridgehead atoms. The topological polar surface area (TPSA) is 90.8 Å². The van der Waals surface area contributed by atoms with E-state index in [2.05, 4.69) is 4.98 Å². The molecule has 1 unspecified atom stereocenters. The number of amides is 2. The van der Waals surface area contributed by atoms with E-state index in [9.17, 15) is 9.59 Å². The molecule has 3 heterocycles. The molecule has 1 aromatic heterocycles. The molecule has 140 valence electrons. The van der Waals surface area contributed by atoms with Crippen molar-refractivity contribution >= 4 is 18.3 Å². The number of carbonyl (C=O) groups excluding carboxylic acids is 2. The standard InChI is InChI=1S/C18H23N3O2.CH2O2/c22-16(15-2-3-15)21-10-1-6-18(13-21)7-11-20(17(18)23)12-14-4-8-19-9-5-14;2-1-3/h4-5,8-9,15H,1-3,6-7,10-13H2;1H,(H,2,3). The van der Waals surface area contributed by atoms with Crippen LogP contribution in [0.3, 0.4) is 0 Å². The molecule has 1 spiro atoms. The first-order chi connectivity index (χ1) is 12.6. The van der Waals surface area contributed by atoms with Crippen LogP contribution in [0.5, 0.6) is 0 Å². The fraction of sp³-hybridized carbons (Fsp3) is 0.579. The number of piperidine rings is 1. The number of hydrogen-bond acceptors (Lipinski definition) is 4. The molecule has 7 heteroatoms. The lowest BCUT2D eigenvalue weighted by atomic mass is 9.78. The maximum atomic E-state index is 13.0. The number of pyridine rings is 1. The van der Waals surface area contributed by atoms with Crippen LogP contribution in [0, 0.1) is 11.3 Å². The molecule has 1 saturated carbocycles. The largest absolute Gasteiger partial charge is 0.483 e. The Hall–Kier alpha value is -2.44. The first-order valence-corrected chi connectivity index (χ1v) is 9.14. The lowest BCUT2D eigenvalue weighted by Gasteiger charge is -2.39. The quantitative estimate of drug-likeness (QED) is 0.827. The van der Waals surface area contributed by atoms with Gasteiger partial charge in [-0.1, -0.05) is 0 Å². The predicted octanol–water partition coefficient (Wildman–Crippen LogP) is 1.53. The van der Waals surface area contributed by atoms with Crippen molar-refractivity contribution in [1.29, 1.82) is 0 Å². The minimum absolute atomic E-state index is 0.239. The van der Waals surface area contributed by atoms with Gasteiger partial charge < -0.3 is 14.9 Å². The molecular weight excluding hydrogens is 334 g/mol. The van der Waals surface area contributed by atoms with Crippen molar-refractivity contribution in [2.45, 2.75) is 38.6 Å². The Morgan fingerprint density at radius 2 is 1.96 bits per heavy atom. The second-order valence-electron chi connectivity index (χ2n) is 7.36. The molecule has 2 saturated heterocycles. The summed E-state index contributed by atoms with van der Waals surface area (Å²) >= 11 is 0. The fourth-order valence-corrected chi connectivity index (χ4v) is 4.04. The average molecular weight is 359 g/mol. The Morgan fingerprint density at radius 1 is 1.27 bits per heavy atom. The van der Waals surface area contributed by atoms with E-state index in [0.717, 1.165) is 50.8 Å². The highest BCUT2D eigenvalue weighted by Gasteiger charge is 2.50. The SMILES string of the molecule is O=C(C1CC1)N1CCCC2(CCN(Cc3ccncc3)C2=O)C1.O=CO. The lowest BCUT2D eigenvalue weighted by molar-refractivity contribution is -0.144. The van der Waals surface area contributed by atoms with E-state index in [0.29, 0.717) is 13.1 Å². The molecule has 4 rings (SSSR count). The maximum absolute atomic E-state index is 13.0. The van der Waals surface area contributed by atoms with E-state index in [-0.39, 0.29) is 29.6 Å². The van der Waals surface area contributed by atoms with Crippen molar-refractivity contribution in [3.05, 3.63) is 30.1 Å². The third-order valence-corrected chi connectivity index (χ3v) is 5.54. The van der Waals surface area contributed by atoms with Crippen molar-refractivity contribution in [1.82, 2.24) is 14.8 Å². The Balaban J connectivity index is 0.000000613.